The Kier molecular flexibility index (Phi) is 4.43. The summed E-state index contributed by atoms with van der Waals surface area (Å²) in [7, 11) is 1.61. The van der Waals surface area contributed by atoms with E-state index >= 15 is 0 Å². The molecule has 1 aliphatic rings. The third-order valence-electron chi connectivity index (χ3n) is 4.62. The molecule has 1 fully saturated rings. The second-order valence-corrected chi connectivity index (χ2v) is 6.34. The van der Waals surface area contributed by atoms with Crippen molar-refractivity contribution in [1.29, 1.82) is 0 Å². The summed E-state index contributed by atoms with van der Waals surface area (Å²) >= 11 is 0. The van der Waals surface area contributed by atoms with Gasteiger partial charge in [0.25, 0.3) is 0 Å². The molecule has 25 heavy (non-hydrogen) atoms. The van der Waals surface area contributed by atoms with Crippen molar-refractivity contribution in [2.45, 2.75) is 19.0 Å². The molecule has 6 heteroatoms. The van der Waals surface area contributed by atoms with Gasteiger partial charge in [-0.25, -0.2) is 9.67 Å². The molecule has 1 atom stereocenters. The van der Waals surface area contributed by atoms with Crippen LogP contribution in [0.15, 0.2) is 54.9 Å². The summed E-state index contributed by atoms with van der Waals surface area (Å²) in [5.41, 5.74) is 3.15. The Bertz CT molecular complexity index is 815. The Labute approximate surface area is 147 Å². The highest BCUT2D eigenvalue weighted by Crippen LogP contribution is 2.24. The van der Waals surface area contributed by atoms with E-state index in [1.807, 2.05) is 23.0 Å². The zero-order valence-corrected chi connectivity index (χ0v) is 14.2. The van der Waals surface area contributed by atoms with E-state index in [1.54, 1.807) is 13.3 Å². The first-order valence-corrected chi connectivity index (χ1v) is 8.50. The van der Waals surface area contributed by atoms with Crippen molar-refractivity contribution in [3.8, 4) is 17.1 Å². The lowest BCUT2D eigenvalue weighted by molar-refractivity contribution is 0.310. The summed E-state index contributed by atoms with van der Waals surface area (Å²) in [6, 6.07) is 14.8. The Balaban J connectivity index is 1.42. The molecule has 3 heterocycles. The molecule has 6 nitrogen and oxygen atoms in total. The molecule has 2 aromatic heterocycles. The van der Waals surface area contributed by atoms with Crippen molar-refractivity contribution in [2.75, 3.05) is 20.2 Å². The number of benzene rings is 1. The summed E-state index contributed by atoms with van der Waals surface area (Å²) in [4.78, 5) is 6.70. The second-order valence-electron chi connectivity index (χ2n) is 6.34. The zero-order valence-electron chi connectivity index (χ0n) is 14.2. The van der Waals surface area contributed by atoms with E-state index < -0.39 is 0 Å². The SMILES string of the molecule is COc1ccc(-c2cn([C@@H]3CCN(Cc4ccccc4)C3)nn2)cn1. The first-order valence-electron chi connectivity index (χ1n) is 8.50. The van der Waals surface area contributed by atoms with Crippen molar-refractivity contribution in [1.82, 2.24) is 24.9 Å². The molecule has 0 radical (unpaired) electrons. The first kappa shape index (κ1) is 15.8. The zero-order chi connectivity index (χ0) is 17.1. The minimum atomic E-state index is 0.371. The maximum atomic E-state index is 5.09. The van der Waals surface area contributed by atoms with Crippen molar-refractivity contribution in [3.63, 3.8) is 0 Å². The van der Waals surface area contributed by atoms with Crippen LogP contribution in [0.5, 0.6) is 5.88 Å². The van der Waals surface area contributed by atoms with Crippen LogP contribution in [0.2, 0.25) is 0 Å². The van der Waals surface area contributed by atoms with Crippen LogP contribution < -0.4 is 4.74 Å². The average Bonchev–Trinajstić information content (AvgIpc) is 3.32. The monoisotopic (exact) mass is 335 g/mol. The van der Waals surface area contributed by atoms with E-state index in [4.69, 9.17) is 4.74 Å². The summed E-state index contributed by atoms with van der Waals surface area (Å²) < 4.78 is 7.08. The summed E-state index contributed by atoms with van der Waals surface area (Å²) in [5, 5.41) is 8.65. The fourth-order valence-corrected chi connectivity index (χ4v) is 3.25. The minimum Gasteiger partial charge on any atom is -0.481 e. The highest BCUT2D eigenvalue weighted by atomic mass is 16.5. The third kappa shape index (κ3) is 3.53. The van der Waals surface area contributed by atoms with Gasteiger partial charge >= 0.3 is 0 Å². The highest BCUT2D eigenvalue weighted by molar-refractivity contribution is 5.56. The molecule has 1 saturated heterocycles. The molecule has 0 unspecified atom stereocenters. The van der Waals surface area contributed by atoms with E-state index in [2.05, 4.69) is 50.5 Å². The number of rotatable bonds is 5. The maximum absolute atomic E-state index is 5.09. The number of hydrogen-bond acceptors (Lipinski definition) is 5. The van der Waals surface area contributed by atoms with Gasteiger partial charge in [0.15, 0.2) is 0 Å². The topological polar surface area (TPSA) is 56.1 Å². The smallest absolute Gasteiger partial charge is 0.212 e. The predicted molar refractivity (Wildman–Crippen MR) is 95.2 cm³/mol. The van der Waals surface area contributed by atoms with Crippen molar-refractivity contribution in [3.05, 3.63) is 60.4 Å². The third-order valence-corrected chi connectivity index (χ3v) is 4.62. The van der Waals surface area contributed by atoms with Gasteiger partial charge in [0.2, 0.25) is 5.88 Å². The van der Waals surface area contributed by atoms with Crippen LogP contribution in [0.25, 0.3) is 11.3 Å². The van der Waals surface area contributed by atoms with Gasteiger partial charge in [-0.1, -0.05) is 35.5 Å². The molecule has 0 aliphatic carbocycles. The van der Waals surface area contributed by atoms with Crippen LogP contribution >= 0.6 is 0 Å². The lowest BCUT2D eigenvalue weighted by Gasteiger charge is -2.15. The summed E-state index contributed by atoms with van der Waals surface area (Å²) in [5.74, 6) is 0.600. The molecule has 3 aromatic rings. The van der Waals surface area contributed by atoms with Crippen molar-refractivity contribution in [2.24, 2.45) is 0 Å². The van der Waals surface area contributed by atoms with E-state index in [9.17, 15) is 0 Å². The fraction of sp³-hybridized carbons (Fsp3) is 0.316. The molecule has 0 spiro atoms. The molecule has 0 saturated carbocycles. The van der Waals surface area contributed by atoms with Crippen LogP contribution in [0.1, 0.15) is 18.0 Å². The van der Waals surface area contributed by atoms with E-state index in [0.717, 1.165) is 37.3 Å². The molecule has 0 bridgehead atoms. The number of pyridine rings is 1. The number of likely N-dealkylation sites (tertiary alicyclic amines) is 1. The largest absolute Gasteiger partial charge is 0.481 e. The standard InChI is InChI=1S/C19H21N5O/c1-25-19-8-7-16(11-20-19)18-14-24(22-21-18)17-9-10-23(13-17)12-15-5-3-2-4-6-15/h2-8,11,14,17H,9-10,12-13H2,1H3/t17-/m1/s1. The van der Waals surface area contributed by atoms with E-state index in [0.29, 0.717) is 11.9 Å². The molecular formula is C19H21N5O. The maximum Gasteiger partial charge on any atom is 0.212 e. The molecular weight excluding hydrogens is 314 g/mol. The average molecular weight is 335 g/mol. The number of aromatic nitrogens is 4. The lowest BCUT2D eigenvalue weighted by atomic mass is 10.2. The van der Waals surface area contributed by atoms with Crippen molar-refractivity contribution >= 4 is 0 Å². The van der Waals surface area contributed by atoms with E-state index in [1.165, 1.54) is 5.56 Å². The Morgan fingerprint density at radius 3 is 2.80 bits per heavy atom. The normalized spacial score (nSPS) is 17.7. The quantitative estimate of drug-likeness (QED) is 0.718. The Morgan fingerprint density at radius 2 is 2.04 bits per heavy atom. The van der Waals surface area contributed by atoms with Gasteiger partial charge in [-0.15, -0.1) is 5.10 Å². The van der Waals surface area contributed by atoms with Crippen LogP contribution in [0.3, 0.4) is 0 Å². The van der Waals surface area contributed by atoms with Gasteiger partial charge in [-0.2, -0.15) is 0 Å². The molecule has 0 N–H and O–H groups in total. The molecule has 1 aromatic carbocycles. The number of hydrogen-bond donors (Lipinski definition) is 0. The second kappa shape index (κ2) is 7.03. The van der Waals surface area contributed by atoms with Crippen LogP contribution in [0.4, 0.5) is 0 Å². The summed E-state index contributed by atoms with van der Waals surface area (Å²) in [6.45, 7) is 3.07. The van der Waals surface area contributed by atoms with Gasteiger partial charge < -0.3 is 4.74 Å². The summed E-state index contributed by atoms with van der Waals surface area (Å²) in [6.07, 6.45) is 4.88. The number of nitrogens with zero attached hydrogens (tertiary/aromatic N) is 5. The van der Waals surface area contributed by atoms with Crippen molar-refractivity contribution < 1.29 is 4.74 Å². The van der Waals surface area contributed by atoms with Gasteiger partial charge in [0.05, 0.1) is 19.3 Å². The Morgan fingerprint density at radius 1 is 1.16 bits per heavy atom. The van der Waals surface area contributed by atoms with Gasteiger partial charge in [0.1, 0.15) is 5.69 Å². The lowest BCUT2D eigenvalue weighted by Crippen LogP contribution is -2.21. The Hall–Kier alpha value is -2.73. The van der Waals surface area contributed by atoms with E-state index in [-0.39, 0.29) is 0 Å². The van der Waals surface area contributed by atoms with Gasteiger partial charge in [0, 0.05) is 37.5 Å². The molecule has 0 amide bonds. The first-order chi connectivity index (χ1) is 12.3. The highest BCUT2D eigenvalue weighted by Gasteiger charge is 2.25. The fourth-order valence-electron chi connectivity index (χ4n) is 3.25. The minimum absolute atomic E-state index is 0.371. The molecule has 1 aliphatic heterocycles. The van der Waals surface area contributed by atoms with Crippen LogP contribution in [-0.4, -0.2) is 45.1 Å². The molecule has 4 rings (SSSR count). The number of methoxy groups -OCH3 is 1. The van der Waals surface area contributed by atoms with Crippen LogP contribution in [0, 0.1) is 0 Å². The predicted octanol–water partition coefficient (Wildman–Crippen LogP) is 2.80. The number of ether oxygens (including phenoxy) is 1. The van der Waals surface area contributed by atoms with Crippen LogP contribution in [-0.2, 0) is 6.54 Å². The van der Waals surface area contributed by atoms with Gasteiger partial charge in [-0.3, -0.25) is 4.90 Å². The van der Waals surface area contributed by atoms with Gasteiger partial charge in [-0.05, 0) is 18.1 Å². The molecule has 128 valence electrons.